The molecule has 3 heteroatoms. The lowest BCUT2D eigenvalue weighted by molar-refractivity contribution is 0.483. The third-order valence-electron chi connectivity index (χ3n) is 3.15. The molecule has 0 bridgehead atoms. The van der Waals surface area contributed by atoms with Crippen LogP contribution in [0.25, 0.3) is 10.9 Å². The average molecular weight is 284 g/mol. The first-order valence-electron chi connectivity index (χ1n) is 6.53. The minimum atomic E-state index is 0.600. The fraction of sp³-hybridized carbons (Fsp3) is 0.118. The Morgan fingerprint density at radius 3 is 2.60 bits per heavy atom. The zero-order chi connectivity index (χ0) is 13.8. The fourth-order valence-electron chi connectivity index (χ4n) is 2.19. The lowest BCUT2D eigenvalue weighted by Crippen LogP contribution is -1.91. The van der Waals surface area contributed by atoms with Crippen molar-refractivity contribution in [2.75, 3.05) is 5.88 Å². The number of aryl methyl sites for hydroxylation is 1. The predicted molar refractivity (Wildman–Crippen MR) is 82.7 cm³/mol. The van der Waals surface area contributed by atoms with Gasteiger partial charge < -0.3 is 4.74 Å². The minimum absolute atomic E-state index is 0.600. The minimum Gasteiger partial charge on any atom is -0.457 e. The van der Waals surface area contributed by atoms with Crippen LogP contribution in [0, 0.1) is 0 Å². The number of ether oxygens (including phenoxy) is 1. The molecule has 100 valence electrons. The van der Waals surface area contributed by atoms with Gasteiger partial charge in [-0.1, -0.05) is 18.2 Å². The van der Waals surface area contributed by atoms with Crippen LogP contribution < -0.4 is 4.74 Å². The molecule has 0 amide bonds. The van der Waals surface area contributed by atoms with Crippen LogP contribution in [0.2, 0.25) is 0 Å². The second-order valence-corrected chi connectivity index (χ2v) is 4.88. The van der Waals surface area contributed by atoms with Crippen molar-refractivity contribution < 1.29 is 4.74 Å². The number of para-hydroxylation sites is 1. The maximum atomic E-state index is 5.86. The Morgan fingerprint density at radius 1 is 0.950 bits per heavy atom. The summed E-state index contributed by atoms with van der Waals surface area (Å²) in [5.41, 5.74) is 2.16. The summed E-state index contributed by atoms with van der Waals surface area (Å²) in [5.74, 6) is 2.24. The molecule has 1 heterocycles. The summed E-state index contributed by atoms with van der Waals surface area (Å²) >= 11 is 5.85. The largest absolute Gasteiger partial charge is 0.457 e. The third-order valence-corrected chi connectivity index (χ3v) is 3.34. The summed E-state index contributed by atoms with van der Waals surface area (Å²) in [5, 5.41) is 1.10. The fourth-order valence-corrected chi connectivity index (χ4v) is 2.39. The van der Waals surface area contributed by atoms with Gasteiger partial charge in [0.1, 0.15) is 11.5 Å². The van der Waals surface area contributed by atoms with E-state index >= 15 is 0 Å². The van der Waals surface area contributed by atoms with Crippen molar-refractivity contribution in [1.82, 2.24) is 4.98 Å². The van der Waals surface area contributed by atoms with Crippen molar-refractivity contribution in [3.63, 3.8) is 0 Å². The second-order valence-electron chi connectivity index (χ2n) is 4.50. The number of pyridine rings is 1. The normalized spacial score (nSPS) is 10.7. The first-order chi connectivity index (χ1) is 9.86. The molecule has 0 aliphatic heterocycles. The highest BCUT2D eigenvalue weighted by molar-refractivity contribution is 6.18. The van der Waals surface area contributed by atoms with E-state index in [0.717, 1.165) is 28.8 Å². The molecule has 0 saturated heterocycles. The highest BCUT2D eigenvalue weighted by atomic mass is 35.5. The Labute approximate surface area is 123 Å². The molecule has 0 atom stereocenters. The van der Waals surface area contributed by atoms with Crippen LogP contribution in [0.4, 0.5) is 0 Å². The summed E-state index contributed by atoms with van der Waals surface area (Å²) in [6.07, 6.45) is 2.65. The molecule has 20 heavy (non-hydrogen) atoms. The Bertz CT molecular complexity index is 713. The number of nitrogens with zero attached hydrogens (tertiary/aromatic N) is 1. The van der Waals surface area contributed by atoms with Gasteiger partial charge in [0.2, 0.25) is 0 Å². The number of halogens is 1. The molecule has 0 saturated carbocycles. The molecule has 0 fully saturated rings. The van der Waals surface area contributed by atoms with E-state index in [9.17, 15) is 0 Å². The van der Waals surface area contributed by atoms with E-state index in [-0.39, 0.29) is 0 Å². The molecule has 0 aliphatic carbocycles. The van der Waals surface area contributed by atoms with Crippen LogP contribution >= 0.6 is 11.6 Å². The lowest BCUT2D eigenvalue weighted by Gasteiger charge is -2.08. The number of alkyl halides is 1. The standard InChI is InChI=1S/C17H14ClNO/c18-10-8-13-9-11-19-17-7-6-15(12-16(13)17)20-14-4-2-1-3-5-14/h1-7,9,11-12H,8,10H2. The van der Waals surface area contributed by atoms with E-state index in [1.165, 1.54) is 5.56 Å². The summed E-state index contributed by atoms with van der Waals surface area (Å²) in [4.78, 5) is 4.37. The van der Waals surface area contributed by atoms with Crippen LogP contribution in [-0.2, 0) is 6.42 Å². The topological polar surface area (TPSA) is 22.1 Å². The molecule has 2 aromatic carbocycles. The van der Waals surface area contributed by atoms with Gasteiger partial charge in [-0.15, -0.1) is 11.6 Å². The molecule has 3 aromatic rings. The maximum absolute atomic E-state index is 5.86. The van der Waals surface area contributed by atoms with E-state index < -0.39 is 0 Å². The summed E-state index contributed by atoms with van der Waals surface area (Å²) in [6.45, 7) is 0. The van der Waals surface area contributed by atoms with Crippen molar-refractivity contribution in [3.05, 3.63) is 66.4 Å². The Morgan fingerprint density at radius 2 is 1.80 bits per heavy atom. The van der Waals surface area contributed by atoms with E-state index in [1.807, 2.05) is 60.8 Å². The number of benzene rings is 2. The second kappa shape index (κ2) is 5.93. The average Bonchev–Trinajstić information content (AvgIpc) is 2.49. The summed E-state index contributed by atoms with van der Waals surface area (Å²) in [7, 11) is 0. The molecule has 0 spiro atoms. The van der Waals surface area contributed by atoms with Gasteiger partial charge in [-0.2, -0.15) is 0 Å². The van der Waals surface area contributed by atoms with Crippen molar-refractivity contribution in [1.29, 1.82) is 0 Å². The molecular weight excluding hydrogens is 270 g/mol. The molecule has 1 aromatic heterocycles. The highest BCUT2D eigenvalue weighted by Gasteiger charge is 2.04. The Balaban J connectivity index is 1.99. The van der Waals surface area contributed by atoms with Gasteiger partial charge in [-0.25, -0.2) is 0 Å². The lowest BCUT2D eigenvalue weighted by atomic mass is 10.1. The van der Waals surface area contributed by atoms with Gasteiger partial charge in [0, 0.05) is 17.5 Å². The Hall–Kier alpha value is -2.06. The van der Waals surface area contributed by atoms with Crippen LogP contribution in [0.1, 0.15) is 5.56 Å². The number of aromatic nitrogens is 1. The van der Waals surface area contributed by atoms with Crippen molar-refractivity contribution >= 4 is 22.5 Å². The zero-order valence-electron chi connectivity index (χ0n) is 10.9. The quantitative estimate of drug-likeness (QED) is 0.641. The molecule has 0 aliphatic rings. The number of hydrogen-bond donors (Lipinski definition) is 0. The summed E-state index contributed by atoms with van der Waals surface area (Å²) < 4.78 is 5.86. The maximum Gasteiger partial charge on any atom is 0.128 e. The van der Waals surface area contributed by atoms with Crippen LogP contribution in [0.3, 0.4) is 0 Å². The highest BCUT2D eigenvalue weighted by Crippen LogP contribution is 2.26. The zero-order valence-corrected chi connectivity index (χ0v) is 11.7. The SMILES string of the molecule is ClCCc1ccnc2ccc(Oc3ccccc3)cc12. The van der Waals surface area contributed by atoms with Crippen LogP contribution in [0.5, 0.6) is 11.5 Å². The van der Waals surface area contributed by atoms with E-state index in [1.54, 1.807) is 0 Å². The number of fused-ring (bicyclic) bond motifs is 1. The van der Waals surface area contributed by atoms with E-state index in [0.29, 0.717) is 5.88 Å². The predicted octanol–water partition coefficient (Wildman–Crippen LogP) is 4.81. The Kier molecular flexibility index (Phi) is 3.84. The van der Waals surface area contributed by atoms with E-state index in [2.05, 4.69) is 4.98 Å². The van der Waals surface area contributed by atoms with Gasteiger partial charge >= 0.3 is 0 Å². The number of rotatable bonds is 4. The van der Waals surface area contributed by atoms with Gasteiger partial charge in [-0.3, -0.25) is 4.98 Å². The molecule has 0 unspecified atom stereocenters. The summed E-state index contributed by atoms with van der Waals surface area (Å²) in [6, 6.07) is 17.7. The van der Waals surface area contributed by atoms with Crippen molar-refractivity contribution in [3.8, 4) is 11.5 Å². The van der Waals surface area contributed by atoms with E-state index in [4.69, 9.17) is 16.3 Å². The molecule has 0 radical (unpaired) electrons. The van der Waals surface area contributed by atoms with Crippen LogP contribution in [0.15, 0.2) is 60.8 Å². The first-order valence-corrected chi connectivity index (χ1v) is 7.07. The van der Waals surface area contributed by atoms with Gasteiger partial charge in [0.15, 0.2) is 0 Å². The number of hydrogen-bond acceptors (Lipinski definition) is 2. The van der Waals surface area contributed by atoms with Gasteiger partial charge in [0.25, 0.3) is 0 Å². The van der Waals surface area contributed by atoms with Crippen LogP contribution in [-0.4, -0.2) is 10.9 Å². The van der Waals surface area contributed by atoms with Crippen molar-refractivity contribution in [2.45, 2.75) is 6.42 Å². The molecule has 2 nitrogen and oxygen atoms in total. The molecule has 0 N–H and O–H groups in total. The molecular formula is C17H14ClNO. The first kappa shape index (κ1) is 12.9. The van der Waals surface area contributed by atoms with Gasteiger partial charge in [-0.05, 0) is 48.4 Å². The molecule has 3 rings (SSSR count). The van der Waals surface area contributed by atoms with Crippen molar-refractivity contribution in [2.24, 2.45) is 0 Å². The third kappa shape index (κ3) is 2.75. The monoisotopic (exact) mass is 283 g/mol. The smallest absolute Gasteiger partial charge is 0.128 e. The van der Waals surface area contributed by atoms with Gasteiger partial charge in [0.05, 0.1) is 5.52 Å².